The SMILES string of the molecule is CCC(C)(C)NC(=O)CNC(C)c1ccc(C)c(F)c1. The van der Waals surface area contributed by atoms with Gasteiger partial charge in [0.2, 0.25) is 5.91 Å². The van der Waals surface area contributed by atoms with Crippen LogP contribution in [0.15, 0.2) is 18.2 Å². The fourth-order valence-corrected chi connectivity index (χ4v) is 1.75. The summed E-state index contributed by atoms with van der Waals surface area (Å²) in [4.78, 5) is 11.8. The van der Waals surface area contributed by atoms with E-state index < -0.39 is 0 Å². The molecule has 0 bridgehead atoms. The first-order chi connectivity index (χ1) is 9.25. The van der Waals surface area contributed by atoms with E-state index in [4.69, 9.17) is 0 Å². The zero-order valence-corrected chi connectivity index (χ0v) is 13.0. The first-order valence-corrected chi connectivity index (χ1v) is 7.05. The van der Waals surface area contributed by atoms with E-state index in [1.54, 1.807) is 13.0 Å². The number of amides is 1. The maximum Gasteiger partial charge on any atom is 0.234 e. The molecule has 1 atom stereocenters. The fraction of sp³-hybridized carbons (Fsp3) is 0.562. The Morgan fingerprint density at radius 1 is 1.40 bits per heavy atom. The van der Waals surface area contributed by atoms with Gasteiger partial charge in [0.15, 0.2) is 0 Å². The number of carbonyl (C=O) groups excluding carboxylic acids is 1. The highest BCUT2D eigenvalue weighted by Gasteiger charge is 2.18. The van der Waals surface area contributed by atoms with Gasteiger partial charge in [0.1, 0.15) is 5.82 Å². The topological polar surface area (TPSA) is 41.1 Å². The van der Waals surface area contributed by atoms with Crippen LogP contribution in [-0.4, -0.2) is 18.0 Å². The smallest absolute Gasteiger partial charge is 0.234 e. The van der Waals surface area contributed by atoms with E-state index in [-0.39, 0.29) is 29.8 Å². The van der Waals surface area contributed by atoms with Crippen molar-refractivity contribution in [2.24, 2.45) is 0 Å². The van der Waals surface area contributed by atoms with E-state index >= 15 is 0 Å². The molecule has 0 fully saturated rings. The third kappa shape index (κ3) is 4.93. The minimum atomic E-state index is -0.215. The Bertz CT molecular complexity index is 472. The Kier molecular flexibility index (Phi) is 5.69. The molecular weight excluding hydrogens is 255 g/mol. The summed E-state index contributed by atoms with van der Waals surface area (Å²) in [5.41, 5.74) is 1.27. The van der Waals surface area contributed by atoms with E-state index in [9.17, 15) is 9.18 Å². The average molecular weight is 280 g/mol. The molecule has 112 valence electrons. The lowest BCUT2D eigenvalue weighted by Crippen LogP contribution is -2.46. The van der Waals surface area contributed by atoms with Crippen molar-refractivity contribution in [2.45, 2.75) is 52.6 Å². The van der Waals surface area contributed by atoms with Gasteiger partial charge in [-0.25, -0.2) is 4.39 Å². The van der Waals surface area contributed by atoms with Gasteiger partial charge >= 0.3 is 0 Å². The molecule has 1 rings (SSSR count). The van der Waals surface area contributed by atoms with E-state index in [2.05, 4.69) is 10.6 Å². The van der Waals surface area contributed by atoms with Crippen LogP contribution in [-0.2, 0) is 4.79 Å². The second-order valence-corrected chi connectivity index (χ2v) is 5.90. The lowest BCUT2D eigenvalue weighted by Gasteiger charge is -2.25. The summed E-state index contributed by atoms with van der Waals surface area (Å²) in [7, 11) is 0. The summed E-state index contributed by atoms with van der Waals surface area (Å²) in [5.74, 6) is -0.260. The summed E-state index contributed by atoms with van der Waals surface area (Å²) in [6, 6.07) is 5.08. The highest BCUT2D eigenvalue weighted by molar-refractivity contribution is 5.78. The van der Waals surface area contributed by atoms with Crippen LogP contribution in [0.1, 0.15) is 51.3 Å². The van der Waals surface area contributed by atoms with E-state index in [0.29, 0.717) is 5.56 Å². The number of halogens is 1. The predicted molar refractivity (Wildman–Crippen MR) is 80.1 cm³/mol. The van der Waals surface area contributed by atoms with Crippen molar-refractivity contribution in [1.82, 2.24) is 10.6 Å². The average Bonchev–Trinajstić information content (AvgIpc) is 2.38. The van der Waals surface area contributed by atoms with Crippen LogP contribution in [0, 0.1) is 12.7 Å². The fourth-order valence-electron chi connectivity index (χ4n) is 1.75. The molecule has 2 N–H and O–H groups in total. The highest BCUT2D eigenvalue weighted by atomic mass is 19.1. The number of rotatable bonds is 6. The van der Waals surface area contributed by atoms with E-state index in [0.717, 1.165) is 12.0 Å². The van der Waals surface area contributed by atoms with Gasteiger partial charge in [0, 0.05) is 11.6 Å². The molecule has 1 aromatic rings. The second-order valence-electron chi connectivity index (χ2n) is 5.90. The number of benzene rings is 1. The van der Waals surface area contributed by atoms with Gasteiger partial charge in [-0.2, -0.15) is 0 Å². The van der Waals surface area contributed by atoms with Gasteiger partial charge in [-0.1, -0.05) is 19.1 Å². The Labute approximate surface area is 121 Å². The van der Waals surface area contributed by atoms with Crippen LogP contribution in [0.25, 0.3) is 0 Å². The molecule has 3 nitrogen and oxygen atoms in total. The zero-order chi connectivity index (χ0) is 15.3. The normalized spacial score (nSPS) is 13.1. The Balaban J connectivity index is 2.52. The van der Waals surface area contributed by atoms with Gasteiger partial charge in [-0.15, -0.1) is 0 Å². The van der Waals surface area contributed by atoms with Crippen molar-refractivity contribution in [3.05, 3.63) is 35.1 Å². The number of hydrogen-bond donors (Lipinski definition) is 2. The molecule has 0 aliphatic carbocycles. The minimum absolute atomic E-state index is 0.0451. The number of nitrogens with one attached hydrogen (secondary N) is 2. The van der Waals surface area contributed by atoms with E-state index in [1.807, 2.05) is 33.8 Å². The molecule has 0 saturated heterocycles. The van der Waals surface area contributed by atoms with Gasteiger partial charge in [-0.3, -0.25) is 4.79 Å². The van der Waals surface area contributed by atoms with Gasteiger partial charge in [-0.05, 0) is 51.3 Å². The van der Waals surface area contributed by atoms with Crippen LogP contribution in [0.4, 0.5) is 4.39 Å². The van der Waals surface area contributed by atoms with Crippen LogP contribution in [0.2, 0.25) is 0 Å². The summed E-state index contributed by atoms with van der Waals surface area (Å²) in [6.45, 7) is 9.89. The Hall–Kier alpha value is -1.42. The molecule has 0 saturated carbocycles. The Morgan fingerprint density at radius 2 is 2.05 bits per heavy atom. The van der Waals surface area contributed by atoms with Crippen LogP contribution < -0.4 is 10.6 Å². The zero-order valence-electron chi connectivity index (χ0n) is 13.0. The first kappa shape index (κ1) is 16.6. The molecule has 0 aliphatic rings. The standard InChI is InChI=1S/C16H25FN2O/c1-6-16(4,5)19-15(20)10-18-12(3)13-8-7-11(2)14(17)9-13/h7-9,12,18H,6,10H2,1-5H3,(H,19,20). The summed E-state index contributed by atoms with van der Waals surface area (Å²) < 4.78 is 13.5. The van der Waals surface area contributed by atoms with Crippen LogP contribution in [0.3, 0.4) is 0 Å². The molecule has 0 aromatic heterocycles. The minimum Gasteiger partial charge on any atom is -0.350 e. The molecule has 1 aromatic carbocycles. The quantitative estimate of drug-likeness (QED) is 0.840. The maximum atomic E-state index is 13.5. The molecule has 20 heavy (non-hydrogen) atoms. The van der Waals surface area contributed by atoms with Crippen molar-refractivity contribution >= 4 is 5.91 Å². The third-order valence-corrected chi connectivity index (χ3v) is 3.63. The van der Waals surface area contributed by atoms with Crippen molar-refractivity contribution in [2.75, 3.05) is 6.54 Å². The molecule has 0 spiro atoms. The highest BCUT2D eigenvalue weighted by Crippen LogP contribution is 2.16. The lowest BCUT2D eigenvalue weighted by atomic mass is 10.0. The molecule has 1 amide bonds. The molecule has 1 unspecified atom stereocenters. The van der Waals surface area contributed by atoms with Crippen molar-refractivity contribution < 1.29 is 9.18 Å². The number of aryl methyl sites for hydroxylation is 1. The molecule has 0 aliphatic heterocycles. The monoisotopic (exact) mass is 280 g/mol. The molecular formula is C16H25FN2O. The number of carbonyl (C=O) groups is 1. The van der Waals surface area contributed by atoms with Crippen LogP contribution in [0.5, 0.6) is 0 Å². The summed E-state index contributed by atoms with van der Waals surface area (Å²) >= 11 is 0. The largest absolute Gasteiger partial charge is 0.350 e. The van der Waals surface area contributed by atoms with Crippen molar-refractivity contribution in [3.63, 3.8) is 0 Å². The molecule has 0 radical (unpaired) electrons. The van der Waals surface area contributed by atoms with Crippen molar-refractivity contribution in [1.29, 1.82) is 0 Å². The number of hydrogen-bond acceptors (Lipinski definition) is 2. The van der Waals surface area contributed by atoms with Gasteiger partial charge in [0.05, 0.1) is 6.54 Å². The lowest BCUT2D eigenvalue weighted by molar-refractivity contribution is -0.122. The Morgan fingerprint density at radius 3 is 2.60 bits per heavy atom. The predicted octanol–water partition coefficient (Wildman–Crippen LogP) is 3.09. The molecule has 0 heterocycles. The summed E-state index contributed by atoms with van der Waals surface area (Å²) in [6.07, 6.45) is 0.872. The van der Waals surface area contributed by atoms with Crippen molar-refractivity contribution in [3.8, 4) is 0 Å². The van der Waals surface area contributed by atoms with E-state index in [1.165, 1.54) is 6.07 Å². The first-order valence-electron chi connectivity index (χ1n) is 7.05. The summed E-state index contributed by atoms with van der Waals surface area (Å²) in [5, 5.41) is 6.07. The van der Waals surface area contributed by atoms with Gasteiger partial charge < -0.3 is 10.6 Å². The second kappa shape index (κ2) is 6.84. The van der Waals surface area contributed by atoms with Gasteiger partial charge in [0.25, 0.3) is 0 Å². The third-order valence-electron chi connectivity index (χ3n) is 3.63. The van der Waals surface area contributed by atoms with Crippen LogP contribution >= 0.6 is 0 Å². The molecule has 4 heteroatoms. The maximum absolute atomic E-state index is 13.5.